The van der Waals surface area contributed by atoms with Gasteiger partial charge in [0.25, 0.3) is 0 Å². The third-order valence-electron chi connectivity index (χ3n) is 3.17. The second kappa shape index (κ2) is 7.74. The summed E-state index contributed by atoms with van der Waals surface area (Å²) in [5.41, 5.74) is 0.972. The van der Waals surface area contributed by atoms with E-state index in [1.807, 2.05) is 17.5 Å². The summed E-state index contributed by atoms with van der Waals surface area (Å²) in [6.45, 7) is 4.87. The number of halogens is 1. The quantitative estimate of drug-likeness (QED) is 0.707. The fourth-order valence-corrected chi connectivity index (χ4v) is 2.78. The van der Waals surface area contributed by atoms with E-state index in [9.17, 15) is 9.18 Å². The summed E-state index contributed by atoms with van der Waals surface area (Å²) in [6.07, 6.45) is 2.78. The second-order valence-electron chi connectivity index (χ2n) is 4.77. The second-order valence-corrected chi connectivity index (χ2v) is 5.80. The largest absolute Gasteiger partial charge is 0.334 e. The lowest BCUT2D eigenvalue weighted by Crippen LogP contribution is -2.30. The van der Waals surface area contributed by atoms with Crippen LogP contribution in [0.3, 0.4) is 0 Å². The molecule has 2 aromatic rings. The molecule has 0 atom stereocenters. The minimum atomic E-state index is -0.254. The average Bonchev–Trinajstić information content (AvgIpc) is 2.99. The van der Waals surface area contributed by atoms with Crippen LogP contribution in [0.5, 0.6) is 0 Å². The van der Waals surface area contributed by atoms with Crippen molar-refractivity contribution in [2.24, 2.45) is 0 Å². The van der Waals surface area contributed by atoms with E-state index in [1.165, 1.54) is 12.1 Å². The average molecular weight is 303 g/mol. The number of carbonyl (C=O) groups is 1. The summed E-state index contributed by atoms with van der Waals surface area (Å²) < 4.78 is 12.8. The molecule has 110 valence electrons. The van der Waals surface area contributed by atoms with Gasteiger partial charge in [-0.05, 0) is 35.6 Å². The van der Waals surface area contributed by atoms with Crippen molar-refractivity contribution in [1.29, 1.82) is 0 Å². The molecular formula is C17H18FNOS. The number of amides is 1. The van der Waals surface area contributed by atoms with Crippen molar-refractivity contribution < 1.29 is 9.18 Å². The van der Waals surface area contributed by atoms with E-state index in [1.54, 1.807) is 34.4 Å². The number of hydrogen-bond donors (Lipinski definition) is 0. The lowest BCUT2D eigenvalue weighted by Gasteiger charge is -2.20. The fraction of sp³-hybridized carbons (Fsp3) is 0.235. The first-order valence-corrected chi connectivity index (χ1v) is 7.72. The topological polar surface area (TPSA) is 20.3 Å². The van der Waals surface area contributed by atoms with Gasteiger partial charge in [-0.25, -0.2) is 4.39 Å². The molecule has 2 rings (SSSR count). The molecule has 0 aliphatic carbocycles. The Morgan fingerprint density at radius 3 is 2.67 bits per heavy atom. The van der Waals surface area contributed by atoms with Gasteiger partial charge >= 0.3 is 0 Å². The van der Waals surface area contributed by atoms with Crippen molar-refractivity contribution in [2.75, 3.05) is 6.54 Å². The Morgan fingerprint density at radius 2 is 2.05 bits per heavy atom. The predicted octanol–water partition coefficient (Wildman–Crippen LogP) is 4.03. The molecule has 0 aliphatic rings. The molecule has 1 heterocycles. The molecule has 1 amide bonds. The van der Waals surface area contributed by atoms with Crippen molar-refractivity contribution in [3.63, 3.8) is 0 Å². The van der Waals surface area contributed by atoms with Gasteiger partial charge in [0.15, 0.2) is 0 Å². The van der Waals surface area contributed by atoms with Crippen LogP contribution >= 0.6 is 11.3 Å². The highest BCUT2D eigenvalue weighted by Crippen LogP contribution is 2.14. The van der Waals surface area contributed by atoms with E-state index < -0.39 is 0 Å². The number of nitrogens with zero attached hydrogens (tertiary/aromatic N) is 1. The van der Waals surface area contributed by atoms with Crippen LogP contribution in [0.25, 0.3) is 0 Å². The smallest absolute Gasteiger partial charge is 0.223 e. The van der Waals surface area contributed by atoms with Crippen LogP contribution in [0, 0.1) is 5.82 Å². The molecule has 1 aromatic heterocycles. The van der Waals surface area contributed by atoms with E-state index in [4.69, 9.17) is 0 Å². The molecule has 0 saturated carbocycles. The normalized spacial score (nSPS) is 10.3. The monoisotopic (exact) mass is 303 g/mol. The van der Waals surface area contributed by atoms with Gasteiger partial charge in [0.2, 0.25) is 5.91 Å². The Hall–Kier alpha value is -1.94. The van der Waals surface area contributed by atoms with Crippen LogP contribution in [-0.2, 0) is 17.8 Å². The molecule has 0 spiro atoms. The molecule has 0 N–H and O–H groups in total. The predicted molar refractivity (Wildman–Crippen MR) is 84.7 cm³/mol. The number of thiophene rings is 1. The highest BCUT2D eigenvalue weighted by Gasteiger charge is 2.13. The van der Waals surface area contributed by atoms with Crippen LogP contribution in [0.2, 0.25) is 0 Å². The van der Waals surface area contributed by atoms with Crippen molar-refractivity contribution in [2.45, 2.75) is 19.4 Å². The molecule has 1 aromatic carbocycles. The van der Waals surface area contributed by atoms with E-state index in [0.717, 1.165) is 10.4 Å². The highest BCUT2D eigenvalue weighted by molar-refractivity contribution is 7.09. The Labute approximate surface area is 128 Å². The van der Waals surface area contributed by atoms with E-state index in [0.29, 0.717) is 25.9 Å². The van der Waals surface area contributed by atoms with Gasteiger partial charge in [0, 0.05) is 17.8 Å². The molecule has 2 nitrogen and oxygen atoms in total. The summed E-state index contributed by atoms with van der Waals surface area (Å²) in [7, 11) is 0. The van der Waals surface area contributed by atoms with Crippen molar-refractivity contribution in [3.05, 3.63) is 70.7 Å². The molecule has 0 radical (unpaired) electrons. The van der Waals surface area contributed by atoms with E-state index in [-0.39, 0.29) is 11.7 Å². The molecule has 4 heteroatoms. The fourth-order valence-electron chi connectivity index (χ4n) is 2.06. The van der Waals surface area contributed by atoms with Crippen LogP contribution in [0.15, 0.2) is 54.4 Å². The third kappa shape index (κ3) is 4.83. The Balaban J connectivity index is 1.91. The Bertz CT molecular complexity index is 577. The van der Waals surface area contributed by atoms with Gasteiger partial charge in [-0.3, -0.25) is 4.79 Å². The maximum atomic E-state index is 12.8. The van der Waals surface area contributed by atoms with Gasteiger partial charge in [-0.15, -0.1) is 17.9 Å². The van der Waals surface area contributed by atoms with Gasteiger partial charge in [-0.2, -0.15) is 0 Å². The summed E-state index contributed by atoms with van der Waals surface area (Å²) in [4.78, 5) is 15.3. The molecular weight excluding hydrogens is 285 g/mol. The summed E-state index contributed by atoms with van der Waals surface area (Å²) in [6, 6.07) is 10.3. The number of carbonyl (C=O) groups excluding carboxylic acids is 1. The molecule has 21 heavy (non-hydrogen) atoms. The molecule has 0 bridgehead atoms. The van der Waals surface area contributed by atoms with Crippen LogP contribution in [0.1, 0.15) is 16.9 Å². The van der Waals surface area contributed by atoms with Crippen LogP contribution in [0.4, 0.5) is 4.39 Å². The number of aryl methyl sites for hydroxylation is 1. The number of hydrogen-bond acceptors (Lipinski definition) is 2. The number of benzene rings is 1. The lowest BCUT2D eigenvalue weighted by molar-refractivity contribution is -0.131. The molecule has 0 unspecified atom stereocenters. The van der Waals surface area contributed by atoms with Gasteiger partial charge in [0.05, 0.1) is 6.54 Å². The zero-order valence-corrected chi connectivity index (χ0v) is 12.6. The Kier molecular flexibility index (Phi) is 5.69. The van der Waals surface area contributed by atoms with E-state index >= 15 is 0 Å². The van der Waals surface area contributed by atoms with Crippen molar-refractivity contribution in [3.8, 4) is 0 Å². The number of rotatable bonds is 7. The van der Waals surface area contributed by atoms with Gasteiger partial charge < -0.3 is 4.90 Å². The molecule has 0 fully saturated rings. The zero-order chi connectivity index (χ0) is 15.1. The van der Waals surface area contributed by atoms with E-state index in [2.05, 4.69) is 6.58 Å². The van der Waals surface area contributed by atoms with Crippen molar-refractivity contribution in [1.82, 2.24) is 4.90 Å². The first-order valence-electron chi connectivity index (χ1n) is 6.84. The molecule has 0 saturated heterocycles. The highest BCUT2D eigenvalue weighted by atomic mass is 32.1. The van der Waals surface area contributed by atoms with Gasteiger partial charge in [0.1, 0.15) is 5.82 Å². The summed E-state index contributed by atoms with van der Waals surface area (Å²) in [5, 5.41) is 2.00. The lowest BCUT2D eigenvalue weighted by atomic mass is 10.1. The maximum absolute atomic E-state index is 12.8. The van der Waals surface area contributed by atoms with Gasteiger partial charge in [-0.1, -0.05) is 24.3 Å². The summed E-state index contributed by atoms with van der Waals surface area (Å²) >= 11 is 1.64. The maximum Gasteiger partial charge on any atom is 0.223 e. The standard InChI is InChI=1S/C17H18FNOS/c1-2-11-19(13-16-4-3-12-21-16)17(20)10-7-14-5-8-15(18)9-6-14/h2-6,8-9,12H,1,7,10-11,13H2. The third-order valence-corrected chi connectivity index (χ3v) is 4.03. The Morgan fingerprint density at radius 1 is 1.29 bits per heavy atom. The molecule has 0 aliphatic heterocycles. The first kappa shape index (κ1) is 15.4. The first-order chi connectivity index (χ1) is 10.2. The minimum Gasteiger partial charge on any atom is -0.334 e. The summed E-state index contributed by atoms with van der Waals surface area (Å²) in [5.74, 6) is -0.163. The van der Waals surface area contributed by atoms with Crippen LogP contribution in [-0.4, -0.2) is 17.4 Å². The van der Waals surface area contributed by atoms with Crippen molar-refractivity contribution >= 4 is 17.2 Å². The van der Waals surface area contributed by atoms with Crippen LogP contribution < -0.4 is 0 Å². The SMILES string of the molecule is C=CCN(Cc1cccs1)C(=O)CCc1ccc(F)cc1. The minimum absolute atomic E-state index is 0.0904. The zero-order valence-electron chi connectivity index (χ0n) is 11.8.